The molecular formula is C20H27N5O2. The average Bonchev–Trinajstić information content (AvgIpc) is 3.43. The van der Waals surface area contributed by atoms with E-state index in [2.05, 4.69) is 37.6 Å². The number of aromatic nitrogens is 5. The molecule has 4 heterocycles. The van der Waals surface area contributed by atoms with Crippen LogP contribution in [-0.2, 0) is 9.47 Å². The third-order valence-corrected chi connectivity index (χ3v) is 6.38. The van der Waals surface area contributed by atoms with Crippen molar-refractivity contribution in [3.63, 3.8) is 0 Å². The van der Waals surface area contributed by atoms with Crippen molar-refractivity contribution in [1.29, 1.82) is 0 Å². The minimum atomic E-state index is 0.318. The molecule has 2 fully saturated rings. The lowest BCUT2D eigenvalue weighted by Crippen LogP contribution is -2.22. The van der Waals surface area contributed by atoms with Gasteiger partial charge in [0, 0.05) is 31.9 Å². The Morgan fingerprint density at radius 3 is 3.00 bits per heavy atom. The fourth-order valence-electron chi connectivity index (χ4n) is 4.80. The van der Waals surface area contributed by atoms with Gasteiger partial charge in [-0.2, -0.15) is 0 Å². The molecule has 0 bridgehead atoms. The summed E-state index contributed by atoms with van der Waals surface area (Å²) >= 11 is 0. The molecule has 0 spiro atoms. The molecule has 0 amide bonds. The fourth-order valence-corrected chi connectivity index (χ4v) is 4.80. The van der Waals surface area contributed by atoms with Crippen LogP contribution in [0.3, 0.4) is 0 Å². The van der Waals surface area contributed by atoms with Crippen LogP contribution in [0.25, 0.3) is 16.8 Å². The van der Waals surface area contributed by atoms with Crippen LogP contribution in [0.4, 0.5) is 0 Å². The van der Waals surface area contributed by atoms with E-state index in [1.54, 1.807) is 6.20 Å². The van der Waals surface area contributed by atoms with E-state index in [0.717, 1.165) is 74.6 Å². The van der Waals surface area contributed by atoms with Crippen LogP contribution in [0.2, 0.25) is 0 Å². The van der Waals surface area contributed by atoms with Gasteiger partial charge in [0.1, 0.15) is 5.82 Å². The zero-order chi connectivity index (χ0) is 18.2. The highest BCUT2D eigenvalue weighted by atomic mass is 16.5. The van der Waals surface area contributed by atoms with Gasteiger partial charge in [0.25, 0.3) is 0 Å². The number of aromatic amines is 1. The summed E-state index contributed by atoms with van der Waals surface area (Å²) in [5.74, 6) is 2.67. The van der Waals surface area contributed by atoms with Gasteiger partial charge in [-0.05, 0) is 43.6 Å². The summed E-state index contributed by atoms with van der Waals surface area (Å²) < 4.78 is 14.0. The fraction of sp³-hybridized carbons (Fsp3) is 0.650. The Kier molecular flexibility index (Phi) is 4.57. The van der Waals surface area contributed by atoms with Gasteiger partial charge in [-0.3, -0.25) is 4.40 Å². The smallest absolute Gasteiger partial charge is 0.179 e. The molecule has 0 radical (unpaired) electrons. The minimum Gasteiger partial charge on any atom is -0.381 e. The SMILES string of the molecule is CC[C@@H]1C[C@H](OCC2CCOCC2)C[C@@H]1c1nnc2cnc3[nH]ccc3n12. The predicted molar refractivity (Wildman–Crippen MR) is 102 cm³/mol. The van der Waals surface area contributed by atoms with Crippen molar-refractivity contribution in [2.24, 2.45) is 11.8 Å². The van der Waals surface area contributed by atoms with Gasteiger partial charge in [-0.1, -0.05) is 13.3 Å². The van der Waals surface area contributed by atoms with Crippen molar-refractivity contribution in [2.45, 2.75) is 51.0 Å². The predicted octanol–water partition coefficient (Wildman–Crippen LogP) is 3.32. The largest absolute Gasteiger partial charge is 0.381 e. The molecule has 1 N–H and O–H groups in total. The van der Waals surface area contributed by atoms with Gasteiger partial charge in [-0.15, -0.1) is 10.2 Å². The van der Waals surface area contributed by atoms with Gasteiger partial charge >= 0.3 is 0 Å². The van der Waals surface area contributed by atoms with Crippen molar-refractivity contribution < 1.29 is 9.47 Å². The molecule has 3 aromatic rings. The molecule has 1 aliphatic carbocycles. The molecule has 0 unspecified atom stereocenters. The van der Waals surface area contributed by atoms with Gasteiger partial charge in [0.05, 0.1) is 17.8 Å². The maximum absolute atomic E-state index is 6.36. The Balaban J connectivity index is 1.37. The first-order valence-corrected chi connectivity index (χ1v) is 10.2. The second kappa shape index (κ2) is 7.20. The molecule has 7 nitrogen and oxygen atoms in total. The number of ether oxygens (including phenoxy) is 2. The van der Waals surface area contributed by atoms with Gasteiger partial charge in [-0.25, -0.2) is 4.98 Å². The van der Waals surface area contributed by atoms with E-state index in [-0.39, 0.29) is 0 Å². The zero-order valence-corrected chi connectivity index (χ0v) is 15.8. The van der Waals surface area contributed by atoms with E-state index >= 15 is 0 Å². The van der Waals surface area contributed by atoms with Crippen molar-refractivity contribution in [2.75, 3.05) is 19.8 Å². The van der Waals surface area contributed by atoms with Crippen molar-refractivity contribution in [3.05, 3.63) is 24.3 Å². The van der Waals surface area contributed by atoms with Crippen LogP contribution >= 0.6 is 0 Å². The van der Waals surface area contributed by atoms with E-state index in [0.29, 0.717) is 23.9 Å². The second-order valence-corrected chi connectivity index (χ2v) is 7.98. The van der Waals surface area contributed by atoms with E-state index in [4.69, 9.17) is 9.47 Å². The maximum atomic E-state index is 6.36. The standard InChI is InChI=1S/C20H27N5O2/c1-2-14-9-15(27-12-13-4-7-26-8-5-13)10-16(14)20-24-23-18-11-22-19-17(25(18)20)3-6-21-19/h3,6,11,13-16,21H,2,4-5,7-10,12H2,1H3/t14-,15+,16+/m1/s1. The highest BCUT2D eigenvalue weighted by molar-refractivity contribution is 5.74. The monoisotopic (exact) mass is 369 g/mol. The minimum absolute atomic E-state index is 0.318. The molecule has 0 aromatic carbocycles. The molecule has 3 aromatic heterocycles. The Hall–Kier alpha value is -1.99. The summed E-state index contributed by atoms with van der Waals surface area (Å²) in [7, 11) is 0. The quantitative estimate of drug-likeness (QED) is 0.746. The number of hydrogen-bond acceptors (Lipinski definition) is 5. The van der Waals surface area contributed by atoms with Crippen molar-refractivity contribution >= 4 is 16.8 Å². The van der Waals surface area contributed by atoms with E-state index in [1.807, 2.05) is 6.20 Å². The number of nitrogens with one attached hydrogen (secondary N) is 1. The molecule has 5 rings (SSSR count). The first-order chi connectivity index (χ1) is 13.3. The van der Waals surface area contributed by atoms with Crippen LogP contribution in [0.1, 0.15) is 50.8 Å². The third-order valence-electron chi connectivity index (χ3n) is 6.38. The van der Waals surface area contributed by atoms with Gasteiger partial charge in [0.15, 0.2) is 11.3 Å². The lowest BCUT2D eigenvalue weighted by atomic mass is 9.93. The second-order valence-electron chi connectivity index (χ2n) is 7.98. The molecule has 1 saturated heterocycles. The van der Waals surface area contributed by atoms with Crippen LogP contribution < -0.4 is 0 Å². The van der Waals surface area contributed by atoms with E-state index in [9.17, 15) is 0 Å². The summed E-state index contributed by atoms with van der Waals surface area (Å²) in [5, 5.41) is 8.96. The maximum Gasteiger partial charge on any atom is 0.179 e. The Bertz CT molecular complexity index is 914. The number of rotatable bonds is 5. The van der Waals surface area contributed by atoms with Crippen LogP contribution in [0.5, 0.6) is 0 Å². The van der Waals surface area contributed by atoms with E-state index in [1.165, 1.54) is 0 Å². The van der Waals surface area contributed by atoms with Crippen LogP contribution in [0.15, 0.2) is 18.5 Å². The average molecular weight is 369 g/mol. The summed E-state index contributed by atoms with van der Waals surface area (Å²) in [5.41, 5.74) is 2.74. The van der Waals surface area contributed by atoms with Crippen molar-refractivity contribution in [3.8, 4) is 0 Å². The molecule has 144 valence electrons. The topological polar surface area (TPSA) is 77.3 Å². The normalized spacial score (nSPS) is 27.1. The first kappa shape index (κ1) is 17.1. The summed E-state index contributed by atoms with van der Waals surface area (Å²) in [6.45, 7) is 4.90. The lowest BCUT2D eigenvalue weighted by Gasteiger charge is -2.23. The molecule has 2 aliphatic rings. The van der Waals surface area contributed by atoms with Gasteiger partial charge in [0.2, 0.25) is 0 Å². The Morgan fingerprint density at radius 2 is 2.15 bits per heavy atom. The highest BCUT2D eigenvalue weighted by Crippen LogP contribution is 2.42. The van der Waals surface area contributed by atoms with E-state index < -0.39 is 0 Å². The highest BCUT2D eigenvalue weighted by Gasteiger charge is 2.38. The Morgan fingerprint density at radius 1 is 1.26 bits per heavy atom. The van der Waals surface area contributed by atoms with Crippen LogP contribution in [0, 0.1) is 11.8 Å². The number of hydrogen-bond donors (Lipinski definition) is 1. The molecule has 1 saturated carbocycles. The first-order valence-electron chi connectivity index (χ1n) is 10.2. The molecule has 1 aliphatic heterocycles. The lowest BCUT2D eigenvalue weighted by molar-refractivity contribution is -0.00981. The summed E-state index contributed by atoms with van der Waals surface area (Å²) in [6.07, 6.45) is 9.56. The number of H-pyrrole nitrogens is 1. The van der Waals surface area contributed by atoms with Gasteiger partial charge < -0.3 is 14.5 Å². The Labute approximate surface area is 158 Å². The third kappa shape index (κ3) is 3.12. The summed E-state index contributed by atoms with van der Waals surface area (Å²) in [4.78, 5) is 7.62. The zero-order valence-electron chi connectivity index (χ0n) is 15.8. The number of fused-ring (bicyclic) bond motifs is 3. The molecule has 7 heteroatoms. The van der Waals surface area contributed by atoms with Crippen LogP contribution in [-0.4, -0.2) is 50.5 Å². The molecule has 27 heavy (non-hydrogen) atoms. The molecular weight excluding hydrogens is 342 g/mol. The van der Waals surface area contributed by atoms with Crippen molar-refractivity contribution in [1.82, 2.24) is 24.6 Å². The number of nitrogens with zero attached hydrogens (tertiary/aromatic N) is 4. The molecule has 3 atom stereocenters. The summed E-state index contributed by atoms with van der Waals surface area (Å²) in [6, 6.07) is 2.05.